The molecule has 5 nitrogen and oxygen atoms in total. The Morgan fingerprint density at radius 3 is 2.55 bits per heavy atom. The number of amides is 1. The van der Waals surface area contributed by atoms with Gasteiger partial charge in [0.15, 0.2) is 6.61 Å². The van der Waals surface area contributed by atoms with Gasteiger partial charge in [-0.2, -0.15) is 5.10 Å². The SMILES string of the molecule is CC(C)NC(=O)COc1ccc(-c2cnn(C)c2)cc1. The van der Waals surface area contributed by atoms with Gasteiger partial charge in [0.1, 0.15) is 5.75 Å². The zero-order valence-electron chi connectivity index (χ0n) is 12.0. The van der Waals surface area contributed by atoms with Crippen molar-refractivity contribution in [2.45, 2.75) is 19.9 Å². The third-order valence-corrected chi connectivity index (χ3v) is 2.71. The molecule has 0 bridgehead atoms. The maximum absolute atomic E-state index is 11.5. The molecule has 1 amide bonds. The molecule has 0 unspecified atom stereocenters. The Balaban J connectivity index is 1.93. The highest BCUT2D eigenvalue weighted by molar-refractivity contribution is 5.77. The van der Waals surface area contributed by atoms with E-state index in [4.69, 9.17) is 4.74 Å². The second-order valence-electron chi connectivity index (χ2n) is 4.94. The van der Waals surface area contributed by atoms with Crippen LogP contribution in [-0.4, -0.2) is 28.3 Å². The summed E-state index contributed by atoms with van der Waals surface area (Å²) in [6.07, 6.45) is 3.76. The van der Waals surface area contributed by atoms with Gasteiger partial charge >= 0.3 is 0 Å². The number of ether oxygens (including phenoxy) is 1. The molecule has 5 heteroatoms. The van der Waals surface area contributed by atoms with Crippen molar-refractivity contribution in [3.05, 3.63) is 36.7 Å². The van der Waals surface area contributed by atoms with Crippen molar-refractivity contribution in [2.24, 2.45) is 7.05 Å². The predicted octanol–water partition coefficient (Wildman–Crippen LogP) is 1.99. The molecule has 1 heterocycles. The highest BCUT2D eigenvalue weighted by Gasteiger charge is 2.05. The van der Waals surface area contributed by atoms with Crippen LogP contribution in [0.3, 0.4) is 0 Å². The van der Waals surface area contributed by atoms with Crippen LogP contribution in [0, 0.1) is 0 Å². The summed E-state index contributed by atoms with van der Waals surface area (Å²) in [5, 5.41) is 6.91. The van der Waals surface area contributed by atoms with Gasteiger partial charge in [-0.1, -0.05) is 12.1 Å². The zero-order chi connectivity index (χ0) is 14.5. The molecule has 0 aliphatic carbocycles. The summed E-state index contributed by atoms with van der Waals surface area (Å²) in [5.41, 5.74) is 2.12. The lowest BCUT2D eigenvalue weighted by atomic mass is 10.1. The minimum Gasteiger partial charge on any atom is -0.484 e. The van der Waals surface area contributed by atoms with Crippen molar-refractivity contribution in [2.75, 3.05) is 6.61 Å². The average Bonchev–Trinajstić information content (AvgIpc) is 2.83. The maximum Gasteiger partial charge on any atom is 0.258 e. The van der Waals surface area contributed by atoms with E-state index < -0.39 is 0 Å². The zero-order valence-corrected chi connectivity index (χ0v) is 12.0. The molecule has 0 radical (unpaired) electrons. The molecule has 1 N–H and O–H groups in total. The third-order valence-electron chi connectivity index (χ3n) is 2.71. The van der Waals surface area contributed by atoms with E-state index in [0.717, 1.165) is 11.1 Å². The van der Waals surface area contributed by atoms with Crippen LogP contribution >= 0.6 is 0 Å². The molecule has 0 fully saturated rings. The lowest BCUT2D eigenvalue weighted by Gasteiger charge is -2.09. The minimum atomic E-state index is -0.115. The molecular formula is C15H19N3O2. The molecule has 0 atom stereocenters. The van der Waals surface area contributed by atoms with E-state index in [1.807, 2.05) is 57.6 Å². The van der Waals surface area contributed by atoms with Crippen LogP contribution in [0.25, 0.3) is 11.1 Å². The number of carbonyl (C=O) groups excluding carboxylic acids is 1. The summed E-state index contributed by atoms with van der Waals surface area (Å²) >= 11 is 0. The van der Waals surface area contributed by atoms with Gasteiger partial charge in [-0.3, -0.25) is 9.48 Å². The standard InChI is InChI=1S/C15H19N3O2/c1-11(2)17-15(19)10-20-14-6-4-12(5-7-14)13-8-16-18(3)9-13/h4-9,11H,10H2,1-3H3,(H,17,19). The number of nitrogens with one attached hydrogen (secondary N) is 1. The molecule has 20 heavy (non-hydrogen) atoms. The summed E-state index contributed by atoms with van der Waals surface area (Å²) in [6.45, 7) is 3.87. The number of aryl methyl sites for hydroxylation is 1. The Labute approximate surface area is 118 Å². The highest BCUT2D eigenvalue weighted by atomic mass is 16.5. The summed E-state index contributed by atoms with van der Waals surface area (Å²) in [6, 6.07) is 7.73. The minimum absolute atomic E-state index is 0.0322. The van der Waals surface area contributed by atoms with Gasteiger partial charge in [-0.05, 0) is 31.5 Å². The first-order chi connectivity index (χ1) is 9.54. The van der Waals surface area contributed by atoms with Crippen LogP contribution in [-0.2, 0) is 11.8 Å². The number of nitrogens with zero attached hydrogens (tertiary/aromatic N) is 2. The lowest BCUT2D eigenvalue weighted by molar-refractivity contribution is -0.123. The van der Waals surface area contributed by atoms with Gasteiger partial charge in [-0.25, -0.2) is 0 Å². The van der Waals surface area contributed by atoms with Crippen LogP contribution in [0.15, 0.2) is 36.7 Å². The first kappa shape index (κ1) is 14.1. The van der Waals surface area contributed by atoms with Crippen molar-refractivity contribution in [3.8, 4) is 16.9 Å². The number of rotatable bonds is 5. The molecule has 0 saturated carbocycles. The van der Waals surface area contributed by atoms with E-state index in [1.165, 1.54) is 0 Å². The average molecular weight is 273 g/mol. The normalized spacial score (nSPS) is 10.6. The fraction of sp³-hybridized carbons (Fsp3) is 0.333. The van der Waals surface area contributed by atoms with E-state index in [0.29, 0.717) is 5.75 Å². The van der Waals surface area contributed by atoms with Gasteiger partial charge in [0.25, 0.3) is 5.91 Å². The fourth-order valence-corrected chi connectivity index (χ4v) is 1.83. The molecule has 106 valence electrons. The van der Waals surface area contributed by atoms with Gasteiger partial charge in [0.05, 0.1) is 6.20 Å². The molecule has 0 aliphatic rings. The number of benzene rings is 1. The summed E-state index contributed by atoms with van der Waals surface area (Å²) in [7, 11) is 1.88. The number of hydrogen-bond acceptors (Lipinski definition) is 3. The molecule has 0 saturated heterocycles. The van der Waals surface area contributed by atoms with Crippen molar-refractivity contribution in [3.63, 3.8) is 0 Å². The smallest absolute Gasteiger partial charge is 0.258 e. The van der Waals surface area contributed by atoms with Crippen LogP contribution in [0.2, 0.25) is 0 Å². The van der Waals surface area contributed by atoms with E-state index in [2.05, 4.69) is 10.4 Å². The maximum atomic E-state index is 11.5. The molecule has 2 aromatic rings. The van der Waals surface area contributed by atoms with Gasteiger partial charge in [-0.15, -0.1) is 0 Å². The molecule has 1 aromatic heterocycles. The van der Waals surface area contributed by atoms with Crippen molar-refractivity contribution < 1.29 is 9.53 Å². The topological polar surface area (TPSA) is 56.1 Å². The van der Waals surface area contributed by atoms with Crippen LogP contribution in [0.5, 0.6) is 5.75 Å². The predicted molar refractivity (Wildman–Crippen MR) is 77.4 cm³/mol. The molecular weight excluding hydrogens is 254 g/mol. The molecule has 0 spiro atoms. The Morgan fingerprint density at radius 2 is 2.00 bits per heavy atom. The summed E-state index contributed by atoms with van der Waals surface area (Å²) < 4.78 is 7.19. The Hall–Kier alpha value is -2.30. The molecule has 0 aliphatic heterocycles. The quantitative estimate of drug-likeness (QED) is 0.906. The van der Waals surface area contributed by atoms with Gasteiger partial charge < -0.3 is 10.1 Å². The monoisotopic (exact) mass is 273 g/mol. The molecule has 1 aromatic carbocycles. The number of carbonyl (C=O) groups is 1. The highest BCUT2D eigenvalue weighted by Crippen LogP contribution is 2.21. The van der Waals surface area contributed by atoms with Crippen molar-refractivity contribution in [1.82, 2.24) is 15.1 Å². The van der Waals surface area contributed by atoms with E-state index in [-0.39, 0.29) is 18.6 Å². The Kier molecular flexibility index (Phi) is 4.40. The largest absolute Gasteiger partial charge is 0.484 e. The Morgan fingerprint density at radius 1 is 1.30 bits per heavy atom. The molecule has 2 rings (SSSR count). The van der Waals surface area contributed by atoms with Gasteiger partial charge in [0.2, 0.25) is 0 Å². The lowest BCUT2D eigenvalue weighted by Crippen LogP contribution is -2.34. The van der Waals surface area contributed by atoms with Crippen molar-refractivity contribution >= 4 is 5.91 Å². The van der Waals surface area contributed by atoms with Crippen LogP contribution in [0.1, 0.15) is 13.8 Å². The van der Waals surface area contributed by atoms with E-state index in [9.17, 15) is 4.79 Å². The summed E-state index contributed by atoms with van der Waals surface area (Å²) in [4.78, 5) is 11.5. The first-order valence-electron chi connectivity index (χ1n) is 6.56. The van der Waals surface area contributed by atoms with Crippen molar-refractivity contribution in [1.29, 1.82) is 0 Å². The Bertz CT molecular complexity index is 573. The van der Waals surface area contributed by atoms with Gasteiger partial charge in [0, 0.05) is 24.8 Å². The van der Waals surface area contributed by atoms with Crippen LogP contribution < -0.4 is 10.1 Å². The second-order valence-corrected chi connectivity index (χ2v) is 4.94. The second kappa shape index (κ2) is 6.23. The first-order valence-corrected chi connectivity index (χ1v) is 6.56. The van der Waals surface area contributed by atoms with E-state index >= 15 is 0 Å². The van der Waals surface area contributed by atoms with E-state index in [1.54, 1.807) is 4.68 Å². The number of aromatic nitrogens is 2. The summed E-state index contributed by atoms with van der Waals surface area (Å²) in [5.74, 6) is 0.563. The third kappa shape index (κ3) is 3.85. The van der Waals surface area contributed by atoms with Crippen LogP contribution in [0.4, 0.5) is 0 Å². The fourth-order valence-electron chi connectivity index (χ4n) is 1.83. The number of hydrogen-bond donors (Lipinski definition) is 1.